The second-order valence-corrected chi connectivity index (χ2v) is 7.05. The number of pyridine rings is 1. The van der Waals surface area contributed by atoms with Crippen LogP contribution in [0.4, 0.5) is 0 Å². The zero-order valence-electron chi connectivity index (χ0n) is 17.0. The summed E-state index contributed by atoms with van der Waals surface area (Å²) in [5.74, 6) is 1.72. The van der Waals surface area contributed by atoms with Gasteiger partial charge in [-0.15, -0.1) is 0 Å². The zero-order chi connectivity index (χ0) is 20.4. The molecule has 0 radical (unpaired) electrons. The fraction of sp³-hybridized carbons (Fsp3) is 0.450. The third-order valence-electron chi connectivity index (χ3n) is 5.34. The molecule has 1 amide bonds. The first-order valence-corrected chi connectivity index (χ1v) is 9.96. The first kappa shape index (κ1) is 19.3. The van der Waals surface area contributed by atoms with E-state index in [9.17, 15) is 4.79 Å². The van der Waals surface area contributed by atoms with Gasteiger partial charge >= 0.3 is 0 Å². The number of hydrogen-bond acceptors (Lipinski definition) is 7. The van der Waals surface area contributed by atoms with Crippen molar-refractivity contribution in [1.29, 1.82) is 0 Å². The van der Waals surface area contributed by atoms with Crippen LogP contribution in [-0.4, -0.2) is 73.3 Å². The molecule has 1 aliphatic rings. The van der Waals surface area contributed by atoms with Crippen molar-refractivity contribution in [2.75, 3.05) is 32.7 Å². The average Bonchev–Trinajstić information content (AvgIpc) is 3.40. The fourth-order valence-electron chi connectivity index (χ4n) is 3.47. The third kappa shape index (κ3) is 3.77. The Labute approximate surface area is 169 Å². The lowest BCUT2D eigenvalue weighted by Gasteiger charge is -2.34. The minimum absolute atomic E-state index is 0.0187. The predicted octanol–water partition coefficient (Wildman–Crippen LogP) is 1.97. The van der Waals surface area contributed by atoms with E-state index in [0.717, 1.165) is 44.0 Å². The highest BCUT2D eigenvalue weighted by Gasteiger charge is 2.25. The predicted molar refractivity (Wildman–Crippen MR) is 107 cm³/mol. The SMILES string of the molecule is CCc1noc(-c2ccnc(-n3ncc(C(=O)N4CCN(CC)CC4)c3C)c2)n1. The Morgan fingerprint density at radius 1 is 1.21 bits per heavy atom. The van der Waals surface area contributed by atoms with E-state index < -0.39 is 0 Å². The van der Waals surface area contributed by atoms with Gasteiger partial charge in [0.05, 0.1) is 17.5 Å². The van der Waals surface area contributed by atoms with Crippen molar-refractivity contribution in [3.63, 3.8) is 0 Å². The van der Waals surface area contributed by atoms with E-state index in [0.29, 0.717) is 29.5 Å². The topological polar surface area (TPSA) is 93.2 Å². The van der Waals surface area contributed by atoms with Crippen molar-refractivity contribution < 1.29 is 9.32 Å². The lowest BCUT2D eigenvalue weighted by atomic mass is 10.2. The summed E-state index contributed by atoms with van der Waals surface area (Å²) < 4.78 is 7.00. The summed E-state index contributed by atoms with van der Waals surface area (Å²) in [6.07, 6.45) is 4.00. The van der Waals surface area contributed by atoms with E-state index in [2.05, 4.69) is 32.0 Å². The quantitative estimate of drug-likeness (QED) is 0.652. The maximum atomic E-state index is 13.0. The molecule has 3 aromatic heterocycles. The Kier molecular flexibility index (Phi) is 5.39. The molecular formula is C20H25N7O2. The molecule has 0 aromatic carbocycles. The molecule has 0 atom stereocenters. The van der Waals surface area contributed by atoms with Gasteiger partial charge in [-0.05, 0) is 25.6 Å². The molecule has 1 fully saturated rings. The number of piperazine rings is 1. The summed E-state index contributed by atoms with van der Waals surface area (Å²) in [7, 11) is 0. The second-order valence-electron chi connectivity index (χ2n) is 7.05. The minimum atomic E-state index is 0.0187. The molecule has 0 N–H and O–H groups in total. The summed E-state index contributed by atoms with van der Waals surface area (Å²) in [6.45, 7) is 10.3. The number of carbonyl (C=O) groups is 1. The van der Waals surface area contributed by atoms with Gasteiger partial charge in [-0.3, -0.25) is 4.79 Å². The number of amides is 1. The molecule has 4 heterocycles. The average molecular weight is 395 g/mol. The van der Waals surface area contributed by atoms with Crippen LogP contribution >= 0.6 is 0 Å². The molecule has 9 heteroatoms. The smallest absolute Gasteiger partial charge is 0.258 e. The maximum Gasteiger partial charge on any atom is 0.258 e. The van der Waals surface area contributed by atoms with Crippen LogP contribution in [0.1, 0.15) is 35.7 Å². The van der Waals surface area contributed by atoms with Gasteiger partial charge in [0.2, 0.25) is 0 Å². The molecule has 4 rings (SSSR count). The van der Waals surface area contributed by atoms with Crippen LogP contribution in [0.25, 0.3) is 17.3 Å². The number of aryl methyl sites for hydroxylation is 1. The summed E-state index contributed by atoms with van der Waals surface area (Å²) in [5.41, 5.74) is 2.13. The van der Waals surface area contributed by atoms with Gasteiger partial charge in [0.15, 0.2) is 11.6 Å². The van der Waals surface area contributed by atoms with Crippen LogP contribution in [0.2, 0.25) is 0 Å². The molecule has 0 saturated carbocycles. The Bertz CT molecular complexity index is 1000. The second kappa shape index (κ2) is 8.12. The van der Waals surface area contributed by atoms with Crippen molar-refractivity contribution >= 4 is 5.91 Å². The molecule has 9 nitrogen and oxygen atoms in total. The molecule has 3 aromatic rings. The third-order valence-corrected chi connectivity index (χ3v) is 5.34. The highest BCUT2D eigenvalue weighted by atomic mass is 16.5. The van der Waals surface area contributed by atoms with E-state index in [1.54, 1.807) is 17.1 Å². The van der Waals surface area contributed by atoms with Crippen molar-refractivity contribution in [2.24, 2.45) is 0 Å². The van der Waals surface area contributed by atoms with Crippen LogP contribution in [0.15, 0.2) is 29.0 Å². The van der Waals surface area contributed by atoms with Crippen molar-refractivity contribution in [3.05, 3.63) is 41.6 Å². The molecule has 1 saturated heterocycles. The van der Waals surface area contributed by atoms with Crippen LogP contribution in [0, 0.1) is 6.92 Å². The van der Waals surface area contributed by atoms with E-state index >= 15 is 0 Å². The van der Waals surface area contributed by atoms with Gasteiger partial charge in [-0.2, -0.15) is 10.1 Å². The fourth-order valence-corrected chi connectivity index (χ4v) is 3.47. The Hall–Kier alpha value is -3.07. The first-order chi connectivity index (χ1) is 14.1. The number of hydrogen-bond donors (Lipinski definition) is 0. The van der Waals surface area contributed by atoms with Crippen LogP contribution in [0.5, 0.6) is 0 Å². The van der Waals surface area contributed by atoms with Crippen molar-refractivity contribution in [3.8, 4) is 17.3 Å². The van der Waals surface area contributed by atoms with E-state index in [1.165, 1.54) is 0 Å². The van der Waals surface area contributed by atoms with Crippen LogP contribution in [-0.2, 0) is 6.42 Å². The van der Waals surface area contributed by atoms with E-state index in [-0.39, 0.29) is 5.91 Å². The van der Waals surface area contributed by atoms with E-state index in [4.69, 9.17) is 4.52 Å². The normalized spacial score (nSPS) is 15.1. The lowest BCUT2D eigenvalue weighted by Crippen LogP contribution is -2.48. The first-order valence-electron chi connectivity index (χ1n) is 9.96. The number of rotatable bonds is 5. The van der Waals surface area contributed by atoms with Gasteiger partial charge in [-0.25, -0.2) is 9.67 Å². The molecule has 0 aliphatic carbocycles. The Morgan fingerprint density at radius 2 is 2.00 bits per heavy atom. The van der Waals surface area contributed by atoms with Gasteiger partial charge in [0.25, 0.3) is 11.8 Å². The largest absolute Gasteiger partial charge is 0.336 e. The Morgan fingerprint density at radius 3 is 2.69 bits per heavy atom. The summed E-state index contributed by atoms with van der Waals surface area (Å²) >= 11 is 0. The maximum absolute atomic E-state index is 13.0. The molecular weight excluding hydrogens is 370 g/mol. The summed E-state index contributed by atoms with van der Waals surface area (Å²) in [5, 5.41) is 8.36. The van der Waals surface area contributed by atoms with Crippen LogP contribution in [0.3, 0.4) is 0 Å². The van der Waals surface area contributed by atoms with Gasteiger partial charge < -0.3 is 14.3 Å². The number of carbonyl (C=O) groups excluding carboxylic acids is 1. The van der Waals surface area contributed by atoms with Crippen LogP contribution < -0.4 is 0 Å². The molecule has 29 heavy (non-hydrogen) atoms. The number of aromatic nitrogens is 5. The summed E-state index contributed by atoms with van der Waals surface area (Å²) in [4.78, 5) is 26.0. The lowest BCUT2D eigenvalue weighted by molar-refractivity contribution is 0.0642. The van der Waals surface area contributed by atoms with Gasteiger partial charge in [0.1, 0.15) is 0 Å². The van der Waals surface area contributed by atoms with Crippen molar-refractivity contribution in [1.82, 2.24) is 34.7 Å². The van der Waals surface area contributed by atoms with Gasteiger partial charge in [-0.1, -0.05) is 19.0 Å². The van der Waals surface area contributed by atoms with E-state index in [1.807, 2.05) is 30.9 Å². The Balaban J connectivity index is 1.57. The molecule has 1 aliphatic heterocycles. The highest BCUT2D eigenvalue weighted by Crippen LogP contribution is 2.21. The summed E-state index contributed by atoms with van der Waals surface area (Å²) in [6, 6.07) is 3.65. The van der Waals surface area contributed by atoms with Gasteiger partial charge in [0, 0.05) is 44.4 Å². The molecule has 0 bridgehead atoms. The van der Waals surface area contributed by atoms with Crippen molar-refractivity contribution in [2.45, 2.75) is 27.2 Å². The monoisotopic (exact) mass is 395 g/mol. The standard InChI is InChI=1S/C20H25N7O2/c1-4-17-23-19(29-24-17)15-6-7-21-18(12-15)27-14(3)16(13-22-27)20(28)26-10-8-25(5-2)9-11-26/h6-7,12-13H,4-5,8-11H2,1-3H3. The zero-order valence-corrected chi connectivity index (χ0v) is 17.0. The molecule has 0 unspecified atom stereocenters. The molecule has 152 valence electrons. The minimum Gasteiger partial charge on any atom is -0.336 e. The highest BCUT2D eigenvalue weighted by molar-refractivity contribution is 5.95. The number of nitrogens with zero attached hydrogens (tertiary/aromatic N) is 7. The molecule has 0 spiro atoms. The number of likely N-dealkylation sites (N-methyl/N-ethyl adjacent to an activating group) is 1.